The minimum absolute atomic E-state index is 0.134. The predicted molar refractivity (Wildman–Crippen MR) is 95.1 cm³/mol. The summed E-state index contributed by atoms with van der Waals surface area (Å²) in [5, 5.41) is 18.0. The van der Waals surface area contributed by atoms with Gasteiger partial charge in [-0.15, -0.1) is 11.8 Å². The van der Waals surface area contributed by atoms with Crippen LogP contribution in [0.15, 0.2) is 39.9 Å². The number of ether oxygens (including phenoxy) is 1. The summed E-state index contributed by atoms with van der Waals surface area (Å²) in [4.78, 5) is 1.13. The molecule has 120 valence electrons. The highest BCUT2D eigenvalue weighted by molar-refractivity contribution is 7.98. The molecule has 22 heavy (non-hydrogen) atoms. The molecule has 0 spiro atoms. The van der Waals surface area contributed by atoms with Gasteiger partial charge in [0.15, 0.2) is 0 Å². The van der Waals surface area contributed by atoms with Crippen LogP contribution in [0.25, 0.3) is 0 Å². The maximum absolute atomic E-state index is 10.6. The van der Waals surface area contributed by atoms with Crippen LogP contribution in [0.1, 0.15) is 31.0 Å². The van der Waals surface area contributed by atoms with Crippen molar-refractivity contribution in [2.75, 3.05) is 19.9 Å². The summed E-state index contributed by atoms with van der Waals surface area (Å²) in [6.07, 6.45) is 2.04. The van der Waals surface area contributed by atoms with E-state index in [0.717, 1.165) is 21.8 Å². The average molecular weight is 338 g/mol. The van der Waals surface area contributed by atoms with Gasteiger partial charge in [0.2, 0.25) is 0 Å². The molecule has 0 amide bonds. The average Bonchev–Trinajstić information content (AvgIpc) is 3.07. The molecule has 0 radical (unpaired) electrons. The zero-order valence-corrected chi connectivity index (χ0v) is 15.1. The molecule has 2 N–H and O–H groups in total. The van der Waals surface area contributed by atoms with E-state index in [2.05, 4.69) is 30.4 Å². The maximum Gasteiger partial charge on any atom is 0.132 e. The van der Waals surface area contributed by atoms with E-state index in [4.69, 9.17) is 4.74 Å². The molecular formula is C17H23NO2S2. The largest absolute Gasteiger partial charge is 0.496 e. The van der Waals surface area contributed by atoms with Crippen molar-refractivity contribution in [2.45, 2.75) is 30.4 Å². The first-order valence-electron chi connectivity index (χ1n) is 7.18. The summed E-state index contributed by atoms with van der Waals surface area (Å²) in [7, 11) is 1.69. The summed E-state index contributed by atoms with van der Waals surface area (Å²) >= 11 is 3.27. The van der Waals surface area contributed by atoms with E-state index >= 15 is 0 Å². The van der Waals surface area contributed by atoms with Crippen LogP contribution >= 0.6 is 23.1 Å². The van der Waals surface area contributed by atoms with Crippen LogP contribution < -0.4 is 10.1 Å². The highest BCUT2D eigenvalue weighted by atomic mass is 32.2. The van der Waals surface area contributed by atoms with Gasteiger partial charge in [-0.05, 0) is 60.2 Å². The van der Waals surface area contributed by atoms with E-state index in [0.29, 0.717) is 6.54 Å². The first-order valence-corrected chi connectivity index (χ1v) is 9.35. The van der Waals surface area contributed by atoms with Crippen LogP contribution in [0.4, 0.5) is 0 Å². The Kier molecular flexibility index (Phi) is 5.92. The third kappa shape index (κ3) is 4.04. The standard InChI is InChI=1S/C17H23NO2S2/c1-12(13-5-6-16(21-4)15(9-13)20-3)18-11-17(2,19)14-7-8-22-10-14/h5-10,12,18-19H,11H2,1-4H3. The smallest absolute Gasteiger partial charge is 0.132 e. The maximum atomic E-state index is 10.6. The zero-order chi connectivity index (χ0) is 16.2. The second-order valence-corrected chi connectivity index (χ2v) is 7.13. The second kappa shape index (κ2) is 7.51. The first kappa shape index (κ1) is 17.3. The molecule has 1 aromatic carbocycles. The molecule has 1 aromatic heterocycles. The Hall–Kier alpha value is -1.01. The number of rotatable bonds is 7. The Morgan fingerprint density at radius 2 is 2.18 bits per heavy atom. The number of hydrogen-bond acceptors (Lipinski definition) is 5. The van der Waals surface area contributed by atoms with Crippen molar-refractivity contribution in [1.29, 1.82) is 0 Å². The molecule has 0 aliphatic heterocycles. The van der Waals surface area contributed by atoms with Gasteiger partial charge < -0.3 is 15.2 Å². The summed E-state index contributed by atoms with van der Waals surface area (Å²) in [6.45, 7) is 4.43. The van der Waals surface area contributed by atoms with Gasteiger partial charge in [-0.25, -0.2) is 0 Å². The van der Waals surface area contributed by atoms with Crippen LogP contribution in [-0.4, -0.2) is 25.0 Å². The number of methoxy groups -OCH3 is 1. The van der Waals surface area contributed by atoms with Crippen LogP contribution in [0, 0.1) is 0 Å². The monoisotopic (exact) mass is 337 g/mol. The van der Waals surface area contributed by atoms with Gasteiger partial charge in [-0.1, -0.05) is 6.07 Å². The first-order chi connectivity index (χ1) is 10.5. The molecule has 2 rings (SSSR count). The summed E-state index contributed by atoms with van der Waals surface area (Å²) < 4.78 is 5.43. The van der Waals surface area contributed by atoms with E-state index < -0.39 is 5.60 Å². The topological polar surface area (TPSA) is 41.5 Å². The van der Waals surface area contributed by atoms with E-state index in [1.54, 1.807) is 30.2 Å². The highest BCUT2D eigenvalue weighted by Crippen LogP contribution is 2.30. The van der Waals surface area contributed by atoms with Crippen LogP contribution in [0.5, 0.6) is 5.75 Å². The quantitative estimate of drug-likeness (QED) is 0.748. The molecule has 0 saturated carbocycles. The number of aliphatic hydroxyl groups is 1. The van der Waals surface area contributed by atoms with Gasteiger partial charge >= 0.3 is 0 Å². The normalized spacial score (nSPS) is 15.3. The molecule has 2 aromatic rings. The molecule has 0 bridgehead atoms. The van der Waals surface area contributed by atoms with Crippen molar-refractivity contribution in [1.82, 2.24) is 5.32 Å². The molecule has 3 nitrogen and oxygen atoms in total. The molecule has 0 aliphatic carbocycles. The number of thioether (sulfide) groups is 1. The fourth-order valence-electron chi connectivity index (χ4n) is 2.26. The predicted octanol–water partition coefficient (Wildman–Crippen LogP) is 4.04. The molecule has 0 saturated heterocycles. The van der Waals surface area contributed by atoms with Crippen molar-refractivity contribution in [2.24, 2.45) is 0 Å². The summed E-state index contributed by atoms with van der Waals surface area (Å²) in [6, 6.07) is 8.34. The van der Waals surface area contributed by atoms with Crippen molar-refractivity contribution >= 4 is 23.1 Å². The zero-order valence-electron chi connectivity index (χ0n) is 13.4. The van der Waals surface area contributed by atoms with Gasteiger partial charge in [0.25, 0.3) is 0 Å². The Morgan fingerprint density at radius 3 is 2.77 bits per heavy atom. The lowest BCUT2D eigenvalue weighted by Gasteiger charge is -2.26. The Morgan fingerprint density at radius 1 is 1.41 bits per heavy atom. The Balaban J connectivity index is 2.05. The van der Waals surface area contributed by atoms with Gasteiger partial charge in [-0.3, -0.25) is 0 Å². The number of benzene rings is 1. The third-order valence-electron chi connectivity index (χ3n) is 3.80. The summed E-state index contributed by atoms with van der Waals surface area (Å²) in [5.41, 5.74) is 1.24. The molecule has 0 fully saturated rings. The van der Waals surface area contributed by atoms with Crippen LogP contribution in [0.2, 0.25) is 0 Å². The molecule has 5 heteroatoms. The summed E-state index contributed by atoms with van der Waals surface area (Å²) in [5.74, 6) is 0.892. The van der Waals surface area contributed by atoms with Crippen LogP contribution in [-0.2, 0) is 5.60 Å². The fourth-order valence-corrected chi connectivity index (χ4v) is 3.60. The van der Waals surface area contributed by atoms with Gasteiger partial charge in [0, 0.05) is 17.5 Å². The van der Waals surface area contributed by atoms with Crippen molar-refractivity contribution < 1.29 is 9.84 Å². The lowest BCUT2D eigenvalue weighted by Crippen LogP contribution is -2.36. The molecule has 2 atom stereocenters. The Bertz CT molecular complexity index is 597. The van der Waals surface area contributed by atoms with Crippen molar-refractivity contribution in [3.05, 3.63) is 46.2 Å². The van der Waals surface area contributed by atoms with Crippen molar-refractivity contribution in [3.8, 4) is 5.75 Å². The van der Waals surface area contributed by atoms with E-state index in [1.807, 2.05) is 30.0 Å². The van der Waals surface area contributed by atoms with Gasteiger partial charge in [0.1, 0.15) is 11.4 Å². The number of hydrogen-bond donors (Lipinski definition) is 2. The number of thiophene rings is 1. The second-order valence-electron chi connectivity index (χ2n) is 5.50. The molecular weight excluding hydrogens is 314 g/mol. The minimum Gasteiger partial charge on any atom is -0.496 e. The van der Waals surface area contributed by atoms with Crippen molar-refractivity contribution in [3.63, 3.8) is 0 Å². The number of nitrogens with one attached hydrogen (secondary N) is 1. The molecule has 1 heterocycles. The van der Waals surface area contributed by atoms with E-state index in [9.17, 15) is 5.11 Å². The highest BCUT2D eigenvalue weighted by Gasteiger charge is 2.24. The minimum atomic E-state index is -0.864. The van der Waals surface area contributed by atoms with E-state index in [1.165, 1.54) is 0 Å². The lowest BCUT2D eigenvalue weighted by molar-refractivity contribution is 0.0548. The van der Waals surface area contributed by atoms with Crippen LogP contribution in [0.3, 0.4) is 0 Å². The van der Waals surface area contributed by atoms with E-state index in [-0.39, 0.29) is 6.04 Å². The molecule has 0 aliphatic rings. The Labute approximate surface area is 140 Å². The SMILES string of the molecule is COc1cc(C(C)NCC(C)(O)c2ccsc2)ccc1SC. The molecule has 2 unspecified atom stereocenters. The lowest BCUT2D eigenvalue weighted by atomic mass is 9.98. The third-order valence-corrected chi connectivity index (χ3v) is 5.26. The van der Waals surface area contributed by atoms with Gasteiger partial charge in [-0.2, -0.15) is 11.3 Å². The van der Waals surface area contributed by atoms with Gasteiger partial charge in [0.05, 0.1) is 7.11 Å². The fraction of sp³-hybridized carbons (Fsp3) is 0.412.